The number of aliphatic hydroxyl groups is 4. The second kappa shape index (κ2) is 16.7. The van der Waals surface area contributed by atoms with Gasteiger partial charge in [-0.25, -0.2) is 4.79 Å². The zero-order chi connectivity index (χ0) is 33.0. The normalized spacial score (nSPS) is 11.9. The van der Waals surface area contributed by atoms with Crippen molar-refractivity contribution in [3.05, 3.63) is 63.0 Å². The highest BCUT2D eigenvalue weighted by molar-refractivity contribution is 5.97. The lowest BCUT2D eigenvalue weighted by atomic mass is 10.0. The number of carboxylic acids is 1. The average Bonchev–Trinajstić information content (AvgIpc) is 3.00. The van der Waals surface area contributed by atoms with Gasteiger partial charge in [-0.3, -0.25) is 9.59 Å². The number of aryl methyl sites for hydroxylation is 1. The Morgan fingerprint density at radius 1 is 0.932 bits per heavy atom. The summed E-state index contributed by atoms with van der Waals surface area (Å²) in [5.74, 6) is -1.44. The Morgan fingerprint density at radius 3 is 1.93 bits per heavy atom. The number of phenols is 1. The number of aromatic hydroxyl groups is 1. The first-order chi connectivity index (χ1) is 20.9. The Bertz CT molecular complexity index is 1470. The van der Waals surface area contributed by atoms with Crippen molar-refractivity contribution in [2.45, 2.75) is 58.1 Å². The summed E-state index contributed by atoms with van der Waals surface area (Å²) in [6.07, 6.45) is 1.32. The van der Waals surface area contributed by atoms with E-state index in [1.807, 2.05) is 13.8 Å². The van der Waals surface area contributed by atoms with E-state index in [1.165, 1.54) is 19.1 Å². The number of hydrogen-bond donors (Lipinski definition) is 7. The minimum atomic E-state index is -1.35. The molecule has 1 aromatic heterocycles. The first-order valence-corrected chi connectivity index (χ1v) is 14.1. The summed E-state index contributed by atoms with van der Waals surface area (Å²) in [6, 6.07) is 7.12. The van der Waals surface area contributed by atoms with Crippen molar-refractivity contribution in [2.75, 3.05) is 33.0 Å². The van der Waals surface area contributed by atoms with Gasteiger partial charge in [0.15, 0.2) is 11.2 Å². The molecule has 13 nitrogen and oxygen atoms in total. The number of ether oxygens (including phenoxy) is 2. The molecule has 0 saturated carbocycles. The van der Waals surface area contributed by atoms with Crippen LogP contribution in [-0.4, -0.2) is 87.1 Å². The maximum Gasteiger partial charge on any atom is 0.371 e. The molecule has 3 aromatic rings. The monoisotopic (exact) mass is 619 g/mol. The standard InChI is InChI=1S/C27H30O9.C4H11NO3/c1-4-6-19-22(10-8-17(15(3)28)25(19)31)34-13-16(29)14-35-23-11-9-18-21(30)12-24(27(32)33)36-26(18)20(23)7-5-2;5-4(1-6,2-7)3-8/h8-12,16,29,31H,4-7,13-14H2,1-3H3,(H,32,33);6-8H,1-3,5H2. The topological polar surface area (TPSA) is 230 Å². The molecule has 0 spiro atoms. The Kier molecular flexibility index (Phi) is 13.8. The van der Waals surface area contributed by atoms with Crippen LogP contribution >= 0.6 is 0 Å². The fourth-order valence-electron chi connectivity index (χ4n) is 4.08. The van der Waals surface area contributed by atoms with E-state index in [2.05, 4.69) is 0 Å². The summed E-state index contributed by atoms with van der Waals surface area (Å²) in [7, 11) is 0. The van der Waals surface area contributed by atoms with Crippen molar-refractivity contribution in [1.82, 2.24) is 0 Å². The summed E-state index contributed by atoms with van der Waals surface area (Å²) in [5.41, 5.74) is 4.88. The molecule has 0 radical (unpaired) electrons. The molecule has 242 valence electrons. The van der Waals surface area contributed by atoms with E-state index in [0.29, 0.717) is 41.9 Å². The highest BCUT2D eigenvalue weighted by Crippen LogP contribution is 2.33. The Morgan fingerprint density at radius 2 is 1.45 bits per heavy atom. The zero-order valence-electron chi connectivity index (χ0n) is 25.0. The third kappa shape index (κ3) is 9.24. The van der Waals surface area contributed by atoms with Gasteiger partial charge in [-0.1, -0.05) is 26.7 Å². The SMILES string of the molecule is CCCc1c(OCC(O)COc2ccc3c(=O)cc(C(=O)O)oc3c2CCC)ccc(C(C)=O)c1O.NC(CO)(CO)CO. The Labute approximate surface area is 254 Å². The number of nitrogens with two attached hydrogens (primary N) is 1. The summed E-state index contributed by atoms with van der Waals surface area (Å²) in [6.45, 7) is 3.74. The maximum atomic E-state index is 12.4. The van der Waals surface area contributed by atoms with E-state index in [0.717, 1.165) is 12.5 Å². The van der Waals surface area contributed by atoms with Crippen LogP contribution in [0.4, 0.5) is 0 Å². The van der Waals surface area contributed by atoms with E-state index >= 15 is 0 Å². The van der Waals surface area contributed by atoms with Crippen LogP contribution in [0.25, 0.3) is 11.0 Å². The number of carbonyl (C=O) groups excluding carboxylic acids is 1. The first-order valence-electron chi connectivity index (χ1n) is 14.1. The smallest absolute Gasteiger partial charge is 0.371 e. The highest BCUT2D eigenvalue weighted by Gasteiger charge is 2.21. The van der Waals surface area contributed by atoms with Gasteiger partial charge in [0.2, 0.25) is 5.76 Å². The largest absolute Gasteiger partial charge is 0.507 e. The summed E-state index contributed by atoms with van der Waals surface area (Å²) < 4.78 is 17.0. The van der Waals surface area contributed by atoms with E-state index in [-0.39, 0.29) is 41.3 Å². The summed E-state index contributed by atoms with van der Waals surface area (Å²) >= 11 is 0. The molecule has 1 unspecified atom stereocenters. The van der Waals surface area contributed by atoms with Gasteiger partial charge in [-0.2, -0.15) is 0 Å². The molecule has 0 saturated heterocycles. The fourth-order valence-corrected chi connectivity index (χ4v) is 4.08. The number of ketones is 1. The molecule has 2 aromatic carbocycles. The molecule has 0 aliphatic rings. The molecular weight excluding hydrogens is 578 g/mol. The van der Waals surface area contributed by atoms with Crippen LogP contribution in [0.1, 0.15) is 65.7 Å². The lowest BCUT2D eigenvalue weighted by Crippen LogP contribution is -2.50. The number of aliphatic hydroxyl groups excluding tert-OH is 4. The molecule has 1 heterocycles. The van der Waals surface area contributed by atoms with Crippen molar-refractivity contribution in [3.8, 4) is 17.2 Å². The van der Waals surface area contributed by atoms with Crippen molar-refractivity contribution in [1.29, 1.82) is 0 Å². The molecule has 0 aliphatic heterocycles. The Hall–Kier alpha value is -4.01. The zero-order valence-corrected chi connectivity index (χ0v) is 25.0. The minimum absolute atomic E-state index is 0.116. The van der Waals surface area contributed by atoms with E-state index in [4.69, 9.17) is 34.9 Å². The lowest BCUT2D eigenvalue weighted by molar-refractivity contribution is 0.0618. The predicted octanol–water partition coefficient (Wildman–Crippen LogP) is 1.78. The second-order valence-corrected chi connectivity index (χ2v) is 10.3. The van der Waals surface area contributed by atoms with Crippen molar-refractivity contribution >= 4 is 22.7 Å². The van der Waals surface area contributed by atoms with Crippen LogP contribution in [0.2, 0.25) is 0 Å². The van der Waals surface area contributed by atoms with Gasteiger partial charge in [0.25, 0.3) is 0 Å². The van der Waals surface area contributed by atoms with Crippen molar-refractivity contribution in [3.63, 3.8) is 0 Å². The molecule has 8 N–H and O–H groups in total. The van der Waals surface area contributed by atoms with Gasteiger partial charge in [0, 0.05) is 17.2 Å². The number of phenolic OH excluding ortho intramolecular Hbond substituents is 1. The maximum absolute atomic E-state index is 12.4. The van der Waals surface area contributed by atoms with Gasteiger partial charge < -0.3 is 50.3 Å². The third-order valence-electron chi connectivity index (χ3n) is 6.59. The number of carbonyl (C=O) groups is 2. The van der Waals surface area contributed by atoms with Crippen molar-refractivity contribution < 1.29 is 54.1 Å². The molecule has 0 fully saturated rings. The predicted molar refractivity (Wildman–Crippen MR) is 161 cm³/mol. The number of rotatable bonds is 15. The molecular formula is C31H41NO12. The van der Waals surface area contributed by atoms with E-state index in [1.54, 1.807) is 12.1 Å². The number of fused-ring (bicyclic) bond motifs is 1. The third-order valence-corrected chi connectivity index (χ3v) is 6.59. The number of benzene rings is 2. The Balaban J connectivity index is 0.000000742. The molecule has 44 heavy (non-hydrogen) atoms. The molecule has 0 aliphatic carbocycles. The van der Waals surface area contributed by atoms with Crippen LogP contribution < -0.4 is 20.6 Å². The molecule has 0 amide bonds. The van der Waals surface area contributed by atoms with Crippen LogP contribution in [0.3, 0.4) is 0 Å². The van der Waals surface area contributed by atoms with Crippen LogP contribution in [0.5, 0.6) is 17.2 Å². The van der Waals surface area contributed by atoms with Gasteiger partial charge in [0.05, 0.1) is 36.3 Å². The molecule has 1 atom stereocenters. The minimum Gasteiger partial charge on any atom is -0.507 e. The number of carboxylic acid groups (broad SMARTS) is 1. The molecule has 0 bridgehead atoms. The van der Waals surface area contributed by atoms with E-state index < -0.39 is 48.6 Å². The fraction of sp³-hybridized carbons (Fsp3) is 0.452. The number of Topliss-reactive ketones (excluding diaryl/α,β-unsaturated/α-hetero) is 1. The summed E-state index contributed by atoms with van der Waals surface area (Å²) in [5, 5.41) is 55.5. The molecule has 3 rings (SSSR count). The lowest BCUT2D eigenvalue weighted by Gasteiger charge is -2.20. The van der Waals surface area contributed by atoms with Gasteiger partial charge in [-0.05, 0) is 44.0 Å². The van der Waals surface area contributed by atoms with Crippen LogP contribution in [0, 0.1) is 0 Å². The quantitative estimate of drug-likeness (QED) is 0.120. The van der Waals surface area contributed by atoms with Crippen LogP contribution in [-0.2, 0) is 12.8 Å². The number of aromatic carboxylic acids is 1. The first kappa shape index (κ1) is 36.2. The second-order valence-electron chi connectivity index (χ2n) is 10.3. The van der Waals surface area contributed by atoms with Crippen LogP contribution in [0.15, 0.2) is 39.5 Å². The van der Waals surface area contributed by atoms with Gasteiger partial charge in [0.1, 0.15) is 42.1 Å². The summed E-state index contributed by atoms with van der Waals surface area (Å²) in [4.78, 5) is 35.4. The number of hydrogen-bond acceptors (Lipinski definition) is 12. The molecule has 13 heteroatoms. The van der Waals surface area contributed by atoms with E-state index in [9.17, 15) is 29.7 Å². The van der Waals surface area contributed by atoms with Crippen molar-refractivity contribution in [2.24, 2.45) is 5.73 Å². The van der Waals surface area contributed by atoms with Gasteiger partial charge >= 0.3 is 5.97 Å². The average molecular weight is 620 g/mol. The highest BCUT2D eigenvalue weighted by atomic mass is 16.5. The van der Waals surface area contributed by atoms with Gasteiger partial charge in [-0.15, -0.1) is 0 Å².